The molecule has 0 bridgehead atoms. The van der Waals surface area contributed by atoms with Crippen molar-refractivity contribution in [3.8, 4) is 0 Å². The number of aryl methyl sites for hydroxylation is 1. The van der Waals surface area contributed by atoms with E-state index in [9.17, 15) is 0 Å². The molecule has 4 nitrogen and oxygen atoms in total. The molecule has 1 rings (SSSR count). The smallest absolute Gasteiger partial charge is 0.129 e. The molecular formula is C11H20N4. The molecule has 15 heavy (non-hydrogen) atoms. The highest BCUT2D eigenvalue weighted by molar-refractivity contribution is 5.34. The fourth-order valence-corrected chi connectivity index (χ4v) is 1.33. The second-order valence-electron chi connectivity index (χ2n) is 3.79. The van der Waals surface area contributed by atoms with Crippen LogP contribution >= 0.6 is 0 Å². The minimum absolute atomic E-state index is 0.281. The molecule has 1 aromatic heterocycles. The van der Waals surface area contributed by atoms with Crippen LogP contribution in [0.15, 0.2) is 12.4 Å². The molecule has 0 aliphatic carbocycles. The summed E-state index contributed by atoms with van der Waals surface area (Å²) in [5.41, 5.74) is 6.73. The first kappa shape index (κ1) is 11.9. The van der Waals surface area contributed by atoms with Gasteiger partial charge in [-0.25, -0.2) is 9.97 Å². The molecule has 84 valence electrons. The molecule has 1 heterocycles. The average molecular weight is 208 g/mol. The molecule has 1 aromatic rings. The first-order chi connectivity index (χ1) is 7.22. The molecule has 0 saturated heterocycles. The van der Waals surface area contributed by atoms with Gasteiger partial charge in [0.15, 0.2) is 0 Å². The van der Waals surface area contributed by atoms with E-state index in [1.807, 2.05) is 13.0 Å². The van der Waals surface area contributed by atoms with Crippen molar-refractivity contribution in [1.82, 2.24) is 9.97 Å². The minimum atomic E-state index is 0.281. The summed E-state index contributed by atoms with van der Waals surface area (Å²) in [6.45, 7) is 5.03. The van der Waals surface area contributed by atoms with Gasteiger partial charge in [-0.2, -0.15) is 0 Å². The van der Waals surface area contributed by atoms with E-state index in [0.29, 0.717) is 0 Å². The summed E-state index contributed by atoms with van der Waals surface area (Å²) in [6, 6.07) is 2.27. The molecule has 0 saturated carbocycles. The predicted molar refractivity (Wildman–Crippen MR) is 62.8 cm³/mol. The lowest BCUT2D eigenvalue weighted by atomic mass is 10.2. The highest BCUT2D eigenvalue weighted by Gasteiger charge is 1.97. The summed E-state index contributed by atoms with van der Waals surface area (Å²) in [4.78, 5) is 8.29. The van der Waals surface area contributed by atoms with Gasteiger partial charge < -0.3 is 11.1 Å². The van der Waals surface area contributed by atoms with E-state index in [0.717, 1.165) is 37.3 Å². The third-order valence-electron chi connectivity index (χ3n) is 2.23. The molecule has 0 spiro atoms. The van der Waals surface area contributed by atoms with Crippen LogP contribution < -0.4 is 11.1 Å². The van der Waals surface area contributed by atoms with E-state index in [2.05, 4.69) is 22.2 Å². The van der Waals surface area contributed by atoms with Crippen LogP contribution in [-0.2, 0) is 6.42 Å². The summed E-state index contributed by atoms with van der Waals surface area (Å²) in [6.07, 6.45) is 4.66. The number of anilines is 1. The Morgan fingerprint density at radius 1 is 1.47 bits per heavy atom. The lowest BCUT2D eigenvalue weighted by Crippen LogP contribution is -2.16. The molecule has 0 radical (unpaired) electrons. The van der Waals surface area contributed by atoms with Crippen LogP contribution in [0.4, 0.5) is 5.82 Å². The van der Waals surface area contributed by atoms with Gasteiger partial charge in [0.2, 0.25) is 0 Å². The van der Waals surface area contributed by atoms with E-state index >= 15 is 0 Å². The lowest BCUT2D eigenvalue weighted by molar-refractivity contribution is 0.639. The second kappa shape index (κ2) is 6.35. The molecule has 0 amide bonds. The van der Waals surface area contributed by atoms with Crippen LogP contribution in [-0.4, -0.2) is 22.6 Å². The van der Waals surface area contributed by atoms with Gasteiger partial charge in [0, 0.05) is 24.3 Å². The van der Waals surface area contributed by atoms with Crippen LogP contribution in [0, 0.1) is 0 Å². The van der Waals surface area contributed by atoms with Crippen LogP contribution in [0.1, 0.15) is 32.4 Å². The molecule has 1 unspecified atom stereocenters. The monoisotopic (exact) mass is 208 g/mol. The van der Waals surface area contributed by atoms with E-state index in [-0.39, 0.29) is 6.04 Å². The van der Waals surface area contributed by atoms with Gasteiger partial charge in [0.05, 0.1) is 0 Å². The van der Waals surface area contributed by atoms with Crippen molar-refractivity contribution in [1.29, 1.82) is 0 Å². The molecule has 0 aliphatic rings. The number of aromatic nitrogens is 2. The number of hydrogen-bond donors (Lipinski definition) is 2. The predicted octanol–water partition coefficient (Wildman–Crippen LogP) is 1.58. The number of hydrogen-bond acceptors (Lipinski definition) is 4. The Labute approximate surface area is 91.3 Å². The second-order valence-corrected chi connectivity index (χ2v) is 3.79. The zero-order chi connectivity index (χ0) is 11.1. The van der Waals surface area contributed by atoms with Crippen molar-refractivity contribution >= 4 is 5.82 Å². The minimum Gasteiger partial charge on any atom is -0.370 e. The molecule has 4 heteroatoms. The zero-order valence-corrected chi connectivity index (χ0v) is 9.53. The number of nitrogens with two attached hydrogens (primary N) is 1. The summed E-state index contributed by atoms with van der Waals surface area (Å²) in [5, 5.41) is 3.27. The highest BCUT2D eigenvalue weighted by Crippen LogP contribution is 2.04. The van der Waals surface area contributed by atoms with E-state index < -0.39 is 0 Å². The van der Waals surface area contributed by atoms with Gasteiger partial charge in [-0.1, -0.05) is 6.92 Å². The van der Waals surface area contributed by atoms with Gasteiger partial charge >= 0.3 is 0 Å². The van der Waals surface area contributed by atoms with Gasteiger partial charge in [0.25, 0.3) is 0 Å². The Balaban J connectivity index is 2.30. The fraction of sp³-hybridized carbons (Fsp3) is 0.636. The van der Waals surface area contributed by atoms with Crippen LogP contribution in [0.25, 0.3) is 0 Å². The van der Waals surface area contributed by atoms with Crippen LogP contribution in [0.3, 0.4) is 0 Å². The molecular weight excluding hydrogens is 188 g/mol. The Morgan fingerprint density at radius 3 is 2.93 bits per heavy atom. The molecule has 0 fully saturated rings. The topological polar surface area (TPSA) is 63.8 Å². The third kappa shape index (κ3) is 4.74. The Hall–Kier alpha value is -1.16. The summed E-state index contributed by atoms with van der Waals surface area (Å²) < 4.78 is 0. The SMILES string of the molecule is CCc1cc(NCCCC(C)N)ncn1. The normalized spacial score (nSPS) is 12.5. The fourth-order valence-electron chi connectivity index (χ4n) is 1.33. The van der Waals surface area contributed by atoms with Crippen molar-refractivity contribution in [2.45, 2.75) is 39.2 Å². The zero-order valence-electron chi connectivity index (χ0n) is 9.53. The quantitative estimate of drug-likeness (QED) is 0.697. The van der Waals surface area contributed by atoms with Crippen molar-refractivity contribution in [3.05, 3.63) is 18.1 Å². The largest absolute Gasteiger partial charge is 0.370 e. The van der Waals surface area contributed by atoms with Crippen LogP contribution in [0.2, 0.25) is 0 Å². The Morgan fingerprint density at radius 2 is 2.27 bits per heavy atom. The van der Waals surface area contributed by atoms with Crippen molar-refractivity contribution in [2.24, 2.45) is 5.73 Å². The van der Waals surface area contributed by atoms with E-state index in [4.69, 9.17) is 5.73 Å². The maximum absolute atomic E-state index is 5.66. The van der Waals surface area contributed by atoms with Crippen molar-refractivity contribution < 1.29 is 0 Å². The molecule has 3 N–H and O–H groups in total. The van der Waals surface area contributed by atoms with Gasteiger partial charge in [-0.3, -0.25) is 0 Å². The Bertz CT molecular complexity index is 286. The lowest BCUT2D eigenvalue weighted by Gasteiger charge is -2.07. The van der Waals surface area contributed by atoms with Crippen molar-refractivity contribution in [3.63, 3.8) is 0 Å². The third-order valence-corrected chi connectivity index (χ3v) is 2.23. The first-order valence-electron chi connectivity index (χ1n) is 5.52. The highest BCUT2D eigenvalue weighted by atomic mass is 15.0. The maximum atomic E-state index is 5.66. The molecule has 1 atom stereocenters. The summed E-state index contributed by atoms with van der Waals surface area (Å²) >= 11 is 0. The molecule has 0 aromatic carbocycles. The van der Waals surface area contributed by atoms with E-state index in [1.165, 1.54) is 0 Å². The Kier molecular flexibility index (Phi) is 5.04. The standard InChI is InChI=1S/C11H20N4/c1-3-10-7-11(15-8-14-10)13-6-4-5-9(2)12/h7-9H,3-6,12H2,1-2H3,(H,13,14,15). The van der Waals surface area contributed by atoms with Gasteiger partial charge in [-0.15, -0.1) is 0 Å². The first-order valence-corrected chi connectivity index (χ1v) is 5.52. The van der Waals surface area contributed by atoms with Gasteiger partial charge in [-0.05, 0) is 26.2 Å². The maximum Gasteiger partial charge on any atom is 0.129 e. The number of rotatable bonds is 6. The average Bonchev–Trinajstić information content (AvgIpc) is 2.24. The molecule has 0 aliphatic heterocycles. The number of nitrogens with one attached hydrogen (secondary N) is 1. The van der Waals surface area contributed by atoms with Crippen molar-refractivity contribution in [2.75, 3.05) is 11.9 Å². The summed E-state index contributed by atoms with van der Waals surface area (Å²) in [5.74, 6) is 0.909. The number of nitrogens with zero attached hydrogens (tertiary/aromatic N) is 2. The van der Waals surface area contributed by atoms with E-state index in [1.54, 1.807) is 6.33 Å². The van der Waals surface area contributed by atoms with Gasteiger partial charge in [0.1, 0.15) is 12.1 Å². The summed E-state index contributed by atoms with van der Waals surface area (Å²) in [7, 11) is 0. The van der Waals surface area contributed by atoms with Crippen LogP contribution in [0.5, 0.6) is 0 Å².